The first kappa shape index (κ1) is 24.6. The highest BCUT2D eigenvalue weighted by Crippen LogP contribution is 2.35. The van der Waals surface area contributed by atoms with E-state index in [4.69, 9.17) is 4.74 Å². The van der Waals surface area contributed by atoms with Gasteiger partial charge in [-0.25, -0.2) is 5.43 Å². The fourth-order valence-corrected chi connectivity index (χ4v) is 3.51. The number of halogens is 3. The number of hydrogen-bond donors (Lipinski definition) is 2. The third-order valence-electron chi connectivity index (χ3n) is 5.10. The van der Waals surface area contributed by atoms with Gasteiger partial charge in [-0.2, -0.15) is 18.3 Å². The van der Waals surface area contributed by atoms with Crippen LogP contribution in [-0.4, -0.2) is 29.7 Å². The molecule has 2 amide bonds. The highest BCUT2D eigenvalue weighted by atomic mass is 19.4. The molecule has 0 radical (unpaired) electrons. The van der Waals surface area contributed by atoms with Crippen molar-refractivity contribution in [2.24, 2.45) is 5.10 Å². The maximum absolute atomic E-state index is 13.5. The Hall–Kier alpha value is -4.08. The van der Waals surface area contributed by atoms with Crippen LogP contribution in [0.3, 0.4) is 0 Å². The minimum atomic E-state index is -4.52. The van der Waals surface area contributed by atoms with Crippen molar-refractivity contribution in [3.05, 3.63) is 76.6 Å². The van der Waals surface area contributed by atoms with Crippen LogP contribution in [0.4, 0.5) is 18.9 Å². The quantitative estimate of drug-likeness (QED) is 0.325. The zero-order valence-electron chi connectivity index (χ0n) is 18.9. The van der Waals surface area contributed by atoms with E-state index in [1.54, 1.807) is 38.1 Å². The molecule has 178 valence electrons. The summed E-state index contributed by atoms with van der Waals surface area (Å²) in [7, 11) is 1.44. The van der Waals surface area contributed by atoms with Crippen molar-refractivity contribution < 1.29 is 27.5 Å². The van der Waals surface area contributed by atoms with Gasteiger partial charge in [0.05, 0.1) is 30.3 Å². The maximum Gasteiger partial charge on any atom is 0.418 e. The SMILES string of the molecule is COc1ccc(C)cc1NC(=O)C(=O)N/N=C\c1cc(C)n(-c2ccccc2C(F)(F)F)c1C. The minimum absolute atomic E-state index is 0.0137. The standard InChI is InChI=1S/C24H23F3N4O3/c1-14-9-10-21(34-4)19(11-14)29-22(32)23(33)30-28-13-17-12-15(2)31(16(17)3)20-8-6-5-7-18(20)24(25,26)27/h5-13H,1-4H3,(H,29,32)(H,30,33)/b28-13-. The molecule has 0 aliphatic carbocycles. The smallest absolute Gasteiger partial charge is 0.418 e. The molecular weight excluding hydrogens is 449 g/mol. The van der Waals surface area contributed by atoms with Crippen molar-refractivity contribution in [3.8, 4) is 11.4 Å². The Balaban J connectivity index is 1.76. The van der Waals surface area contributed by atoms with Crippen molar-refractivity contribution in [2.45, 2.75) is 26.9 Å². The summed E-state index contributed by atoms with van der Waals surface area (Å²) in [6.45, 7) is 5.13. The summed E-state index contributed by atoms with van der Waals surface area (Å²) in [5.74, 6) is -1.58. The number of carbonyl (C=O) groups is 2. The Morgan fingerprint density at radius 2 is 1.74 bits per heavy atom. The summed E-state index contributed by atoms with van der Waals surface area (Å²) in [5.41, 5.74) is 4.05. The largest absolute Gasteiger partial charge is 0.495 e. The minimum Gasteiger partial charge on any atom is -0.495 e. The lowest BCUT2D eigenvalue weighted by atomic mass is 10.1. The highest BCUT2D eigenvalue weighted by molar-refractivity contribution is 6.39. The van der Waals surface area contributed by atoms with E-state index in [1.807, 2.05) is 6.92 Å². The molecule has 3 rings (SSSR count). The molecule has 0 bridgehead atoms. The van der Waals surface area contributed by atoms with E-state index in [0.717, 1.165) is 11.6 Å². The monoisotopic (exact) mass is 472 g/mol. The average molecular weight is 472 g/mol. The molecule has 0 atom stereocenters. The number of rotatable bonds is 5. The number of amides is 2. The van der Waals surface area contributed by atoms with Crippen molar-refractivity contribution >= 4 is 23.7 Å². The van der Waals surface area contributed by atoms with Crippen molar-refractivity contribution in [1.29, 1.82) is 0 Å². The number of ether oxygens (including phenoxy) is 1. The summed E-state index contributed by atoms with van der Waals surface area (Å²) in [5, 5.41) is 6.25. The molecule has 0 spiro atoms. The van der Waals surface area contributed by atoms with Gasteiger partial charge in [0.2, 0.25) is 0 Å². The van der Waals surface area contributed by atoms with Gasteiger partial charge in [-0.3, -0.25) is 9.59 Å². The zero-order chi connectivity index (χ0) is 25.0. The molecule has 34 heavy (non-hydrogen) atoms. The molecule has 0 unspecified atom stereocenters. The molecule has 3 aromatic rings. The maximum atomic E-state index is 13.5. The molecule has 0 aliphatic heterocycles. The number of nitrogens with one attached hydrogen (secondary N) is 2. The molecule has 2 N–H and O–H groups in total. The Labute approximate surface area is 194 Å². The predicted molar refractivity (Wildman–Crippen MR) is 122 cm³/mol. The lowest BCUT2D eigenvalue weighted by Crippen LogP contribution is -2.32. The number of aromatic nitrogens is 1. The first-order valence-electron chi connectivity index (χ1n) is 10.2. The number of anilines is 1. The Bertz CT molecular complexity index is 1260. The molecule has 10 heteroatoms. The van der Waals surface area contributed by atoms with Crippen molar-refractivity contribution in [1.82, 2.24) is 9.99 Å². The second-order valence-electron chi connectivity index (χ2n) is 7.53. The molecular formula is C24H23F3N4O3. The normalized spacial score (nSPS) is 11.5. The van der Waals surface area contributed by atoms with Crippen LogP contribution >= 0.6 is 0 Å². The number of hydrazone groups is 1. The first-order chi connectivity index (χ1) is 16.0. The van der Waals surface area contributed by atoms with Gasteiger partial charge < -0.3 is 14.6 Å². The van der Waals surface area contributed by atoms with Crippen LogP contribution in [0.2, 0.25) is 0 Å². The fraction of sp³-hybridized carbons (Fsp3) is 0.208. The molecule has 1 aromatic heterocycles. The second kappa shape index (κ2) is 9.82. The fourth-order valence-electron chi connectivity index (χ4n) is 3.51. The molecule has 1 heterocycles. The van der Waals surface area contributed by atoms with Crippen LogP contribution in [0.5, 0.6) is 5.75 Å². The zero-order valence-corrected chi connectivity index (χ0v) is 18.9. The van der Waals surface area contributed by atoms with Gasteiger partial charge in [-0.1, -0.05) is 18.2 Å². The van der Waals surface area contributed by atoms with Gasteiger partial charge in [0, 0.05) is 17.0 Å². The number of nitrogens with zero attached hydrogens (tertiary/aromatic N) is 2. The van der Waals surface area contributed by atoms with Crippen molar-refractivity contribution in [3.63, 3.8) is 0 Å². The Morgan fingerprint density at radius 3 is 2.41 bits per heavy atom. The summed E-state index contributed by atoms with van der Waals surface area (Å²) in [6.07, 6.45) is -3.25. The lowest BCUT2D eigenvalue weighted by Gasteiger charge is -2.16. The number of methoxy groups -OCH3 is 1. The van der Waals surface area contributed by atoms with Crippen LogP contribution in [0.1, 0.15) is 28.1 Å². The summed E-state index contributed by atoms with van der Waals surface area (Å²) >= 11 is 0. The third kappa shape index (κ3) is 5.28. The van der Waals surface area contributed by atoms with E-state index in [2.05, 4.69) is 15.8 Å². The average Bonchev–Trinajstić information content (AvgIpc) is 3.06. The van der Waals surface area contributed by atoms with E-state index in [9.17, 15) is 22.8 Å². The number of para-hydroxylation sites is 1. The summed E-state index contributed by atoms with van der Waals surface area (Å²) in [6, 6.07) is 12.0. The second-order valence-corrected chi connectivity index (χ2v) is 7.53. The van der Waals surface area contributed by atoms with Crippen LogP contribution in [0.25, 0.3) is 5.69 Å². The first-order valence-corrected chi connectivity index (χ1v) is 10.2. The van der Waals surface area contributed by atoms with Gasteiger partial charge in [-0.15, -0.1) is 0 Å². The number of alkyl halides is 3. The molecule has 2 aromatic carbocycles. The molecule has 7 nitrogen and oxygen atoms in total. The van der Waals surface area contributed by atoms with Gasteiger partial charge in [-0.05, 0) is 56.7 Å². The van der Waals surface area contributed by atoms with Gasteiger partial charge in [0.15, 0.2) is 0 Å². The van der Waals surface area contributed by atoms with E-state index in [1.165, 1.54) is 36.1 Å². The van der Waals surface area contributed by atoms with Crippen LogP contribution in [0.15, 0.2) is 53.6 Å². The van der Waals surface area contributed by atoms with E-state index >= 15 is 0 Å². The van der Waals surface area contributed by atoms with Crippen LogP contribution in [0, 0.1) is 20.8 Å². The number of hydrogen-bond acceptors (Lipinski definition) is 4. The summed E-state index contributed by atoms with van der Waals surface area (Å²) < 4.78 is 47.0. The summed E-state index contributed by atoms with van der Waals surface area (Å²) in [4.78, 5) is 24.4. The molecule has 0 aliphatic rings. The predicted octanol–water partition coefficient (Wildman–Crippen LogP) is 4.52. The van der Waals surface area contributed by atoms with Gasteiger partial charge >= 0.3 is 18.0 Å². The van der Waals surface area contributed by atoms with E-state index in [0.29, 0.717) is 28.4 Å². The van der Waals surface area contributed by atoms with Crippen molar-refractivity contribution in [2.75, 3.05) is 12.4 Å². The van der Waals surface area contributed by atoms with E-state index in [-0.39, 0.29) is 5.69 Å². The Kier molecular flexibility index (Phi) is 7.09. The number of aryl methyl sites for hydroxylation is 2. The van der Waals surface area contributed by atoms with Crippen LogP contribution in [-0.2, 0) is 15.8 Å². The topological polar surface area (TPSA) is 84.7 Å². The molecule has 0 saturated carbocycles. The lowest BCUT2D eigenvalue weighted by molar-refractivity contribution is -0.137. The number of benzene rings is 2. The highest BCUT2D eigenvalue weighted by Gasteiger charge is 2.34. The van der Waals surface area contributed by atoms with Gasteiger partial charge in [0.1, 0.15) is 5.75 Å². The number of carbonyl (C=O) groups excluding carboxylic acids is 2. The molecule has 0 fully saturated rings. The van der Waals surface area contributed by atoms with Crippen LogP contribution < -0.4 is 15.5 Å². The molecule has 0 saturated heterocycles. The Morgan fingerprint density at radius 1 is 1.03 bits per heavy atom. The van der Waals surface area contributed by atoms with E-state index < -0.39 is 23.6 Å². The van der Waals surface area contributed by atoms with Gasteiger partial charge in [0.25, 0.3) is 0 Å². The third-order valence-corrected chi connectivity index (χ3v) is 5.10.